The highest BCUT2D eigenvalue weighted by Gasteiger charge is 2.21. The third-order valence-electron chi connectivity index (χ3n) is 3.39. The molecular formula is C14H25N. The van der Waals surface area contributed by atoms with E-state index < -0.39 is 0 Å². The van der Waals surface area contributed by atoms with Gasteiger partial charge in [0, 0.05) is 6.04 Å². The van der Waals surface area contributed by atoms with Crippen LogP contribution in [0.25, 0.3) is 0 Å². The van der Waals surface area contributed by atoms with Gasteiger partial charge in [0.2, 0.25) is 0 Å². The normalized spacial score (nSPS) is 19.7. The lowest BCUT2D eigenvalue weighted by Gasteiger charge is -2.30. The van der Waals surface area contributed by atoms with Crippen molar-refractivity contribution < 1.29 is 0 Å². The zero-order chi connectivity index (χ0) is 10.9. The van der Waals surface area contributed by atoms with E-state index in [9.17, 15) is 0 Å². The van der Waals surface area contributed by atoms with E-state index in [4.69, 9.17) is 0 Å². The summed E-state index contributed by atoms with van der Waals surface area (Å²) in [6.07, 6.45) is 13.3. The molecule has 1 N–H and O–H groups in total. The van der Waals surface area contributed by atoms with Crippen LogP contribution in [0, 0.1) is 5.92 Å². The van der Waals surface area contributed by atoms with Gasteiger partial charge in [-0.3, -0.25) is 0 Å². The minimum atomic E-state index is 0.655. The molecule has 1 aliphatic rings. The summed E-state index contributed by atoms with van der Waals surface area (Å²) in [6.45, 7) is 8.69. The molecule has 0 bridgehead atoms. The molecule has 1 unspecified atom stereocenters. The van der Waals surface area contributed by atoms with E-state index in [1.165, 1.54) is 32.1 Å². The van der Waals surface area contributed by atoms with E-state index in [2.05, 4.69) is 24.6 Å². The molecule has 1 heteroatoms. The highest BCUT2D eigenvalue weighted by atomic mass is 14.9. The largest absolute Gasteiger partial charge is 0.313 e. The molecule has 0 saturated heterocycles. The minimum absolute atomic E-state index is 0.655. The zero-order valence-electron chi connectivity index (χ0n) is 9.88. The SMILES string of the molecule is C=CCCNC(CC=C)C1CCCCC1. The smallest absolute Gasteiger partial charge is 0.0130 e. The molecule has 0 heterocycles. The van der Waals surface area contributed by atoms with Crippen molar-refractivity contribution in [2.24, 2.45) is 5.92 Å². The highest BCUT2D eigenvalue weighted by molar-refractivity contribution is 4.85. The van der Waals surface area contributed by atoms with Crippen molar-refractivity contribution in [3.8, 4) is 0 Å². The van der Waals surface area contributed by atoms with E-state index in [0.29, 0.717) is 6.04 Å². The molecular weight excluding hydrogens is 182 g/mol. The van der Waals surface area contributed by atoms with Crippen LogP contribution in [0.1, 0.15) is 44.9 Å². The average Bonchev–Trinajstić information content (AvgIpc) is 2.29. The number of nitrogens with one attached hydrogen (secondary N) is 1. The predicted molar refractivity (Wildman–Crippen MR) is 68.0 cm³/mol. The van der Waals surface area contributed by atoms with Crippen LogP contribution in [0.4, 0.5) is 0 Å². The van der Waals surface area contributed by atoms with Crippen LogP contribution in [0.2, 0.25) is 0 Å². The van der Waals surface area contributed by atoms with Gasteiger partial charge in [0.1, 0.15) is 0 Å². The summed E-state index contributed by atoms with van der Waals surface area (Å²) < 4.78 is 0. The summed E-state index contributed by atoms with van der Waals surface area (Å²) in [5.74, 6) is 0.876. The Bertz CT molecular complexity index is 180. The average molecular weight is 207 g/mol. The molecule has 1 rings (SSSR count). The quantitative estimate of drug-likeness (QED) is 0.496. The molecule has 0 aromatic rings. The maximum absolute atomic E-state index is 3.86. The van der Waals surface area contributed by atoms with Gasteiger partial charge in [0.05, 0.1) is 0 Å². The van der Waals surface area contributed by atoms with Gasteiger partial charge in [-0.1, -0.05) is 31.4 Å². The first-order valence-corrected chi connectivity index (χ1v) is 6.33. The third-order valence-corrected chi connectivity index (χ3v) is 3.39. The molecule has 1 nitrogen and oxygen atoms in total. The molecule has 0 aromatic carbocycles. The van der Waals surface area contributed by atoms with Crippen molar-refractivity contribution in [2.75, 3.05) is 6.54 Å². The summed E-state index contributed by atoms with van der Waals surface area (Å²) in [4.78, 5) is 0. The van der Waals surface area contributed by atoms with Crippen LogP contribution >= 0.6 is 0 Å². The van der Waals surface area contributed by atoms with Crippen LogP contribution in [0.5, 0.6) is 0 Å². The second-order valence-electron chi connectivity index (χ2n) is 4.56. The van der Waals surface area contributed by atoms with Crippen molar-refractivity contribution in [1.82, 2.24) is 5.32 Å². The topological polar surface area (TPSA) is 12.0 Å². The van der Waals surface area contributed by atoms with Crippen molar-refractivity contribution in [3.63, 3.8) is 0 Å². The Kier molecular flexibility index (Phi) is 6.42. The van der Waals surface area contributed by atoms with Crippen molar-refractivity contribution in [3.05, 3.63) is 25.3 Å². The van der Waals surface area contributed by atoms with E-state index in [1.807, 2.05) is 6.08 Å². The predicted octanol–water partition coefficient (Wildman–Crippen LogP) is 3.68. The maximum Gasteiger partial charge on any atom is 0.0130 e. The fraction of sp³-hybridized carbons (Fsp3) is 0.714. The Morgan fingerprint density at radius 3 is 2.47 bits per heavy atom. The van der Waals surface area contributed by atoms with Gasteiger partial charge < -0.3 is 5.32 Å². The first kappa shape index (κ1) is 12.5. The van der Waals surface area contributed by atoms with E-state index in [-0.39, 0.29) is 0 Å². The van der Waals surface area contributed by atoms with E-state index in [0.717, 1.165) is 25.3 Å². The molecule has 0 amide bonds. The van der Waals surface area contributed by atoms with Crippen molar-refractivity contribution in [2.45, 2.75) is 51.0 Å². The van der Waals surface area contributed by atoms with Gasteiger partial charge in [0.25, 0.3) is 0 Å². The summed E-state index contributed by atoms with van der Waals surface area (Å²) in [5.41, 5.74) is 0. The summed E-state index contributed by atoms with van der Waals surface area (Å²) in [5, 5.41) is 3.65. The Hall–Kier alpha value is -0.560. The van der Waals surface area contributed by atoms with Crippen LogP contribution < -0.4 is 5.32 Å². The van der Waals surface area contributed by atoms with Crippen molar-refractivity contribution in [1.29, 1.82) is 0 Å². The standard InChI is InChI=1S/C14H25N/c1-3-5-12-15-14(9-4-2)13-10-7-6-8-11-13/h3-4,13-15H,1-2,5-12H2. The monoisotopic (exact) mass is 207 g/mol. The number of hydrogen-bond acceptors (Lipinski definition) is 1. The van der Waals surface area contributed by atoms with Gasteiger partial charge in [-0.2, -0.15) is 0 Å². The Morgan fingerprint density at radius 1 is 1.13 bits per heavy atom. The van der Waals surface area contributed by atoms with Crippen LogP contribution in [-0.4, -0.2) is 12.6 Å². The first-order valence-electron chi connectivity index (χ1n) is 6.33. The molecule has 1 saturated carbocycles. The van der Waals surface area contributed by atoms with Crippen LogP contribution in [0.15, 0.2) is 25.3 Å². The fourth-order valence-electron chi connectivity index (χ4n) is 2.53. The molecule has 0 aliphatic heterocycles. The molecule has 1 aliphatic carbocycles. The minimum Gasteiger partial charge on any atom is -0.313 e. The summed E-state index contributed by atoms with van der Waals surface area (Å²) in [6, 6.07) is 0.655. The first-order chi connectivity index (χ1) is 7.38. The van der Waals surface area contributed by atoms with Gasteiger partial charge in [-0.25, -0.2) is 0 Å². The second-order valence-corrected chi connectivity index (χ2v) is 4.56. The van der Waals surface area contributed by atoms with Gasteiger partial charge in [-0.15, -0.1) is 13.2 Å². The molecule has 1 fully saturated rings. The number of rotatable bonds is 7. The fourth-order valence-corrected chi connectivity index (χ4v) is 2.53. The van der Waals surface area contributed by atoms with Crippen LogP contribution in [-0.2, 0) is 0 Å². The molecule has 86 valence electrons. The Balaban J connectivity index is 2.32. The molecule has 0 radical (unpaired) electrons. The molecule has 1 atom stereocenters. The van der Waals surface area contributed by atoms with Gasteiger partial charge in [-0.05, 0) is 38.1 Å². The Labute approximate surface area is 94.6 Å². The zero-order valence-corrected chi connectivity index (χ0v) is 9.88. The lowest BCUT2D eigenvalue weighted by molar-refractivity contribution is 0.270. The van der Waals surface area contributed by atoms with Crippen LogP contribution in [0.3, 0.4) is 0 Å². The lowest BCUT2D eigenvalue weighted by atomic mass is 9.82. The summed E-state index contributed by atoms with van der Waals surface area (Å²) >= 11 is 0. The van der Waals surface area contributed by atoms with Gasteiger partial charge >= 0.3 is 0 Å². The third kappa shape index (κ3) is 4.65. The highest BCUT2D eigenvalue weighted by Crippen LogP contribution is 2.27. The lowest BCUT2D eigenvalue weighted by Crippen LogP contribution is -2.37. The Morgan fingerprint density at radius 2 is 1.87 bits per heavy atom. The van der Waals surface area contributed by atoms with E-state index in [1.54, 1.807) is 0 Å². The van der Waals surface area contributed by atoms with Gasteiger partial charge in [0.15, 0.2) is 0 Å². The van der Waals surface area contributed by atoms with Crippen molar-refractivity contribution >= 4 is 0 Å². The van der Waals surface area contributed by atoms with E-state index >= 15 is 0 Å². The number of hydrogen-bond donors (Lipinski definition) is 1. The summed E-state index contributed by atoms with van der Waals surface area (Å²) in [7, 11) is 0. The second kappa shape index (κ2) is 7.70. The molecule has 0 spiro atoms. The maximum atomic E-state index is 3.86. The molecule has 15 heavy (non-hydrogen) atoms. The molecule has 0 aromatic heterocycles.